The number of benzene rings is 3. The highest BCUT2D eigenvalue weighted by atomic mass is 16.5. The maximum Gasteiger partial charge on any atom is 0.351 e. The molecule has 0 fully saturated rings. The quantitative estimate of drug-likeness (QED) is 0.255. The third-order valence-corrected chi connectivity index (χ3v) is 4.67. The molecule has 3 aromatic carbocycles. The Hall–Kier alpha value is -4.39. The first-order valence-electron chi connectivity index (χ1n) is 9.69. The maximum absolute atomic E-state index is 12.5. The third kappa shape index (κ3) is 4.67. The van der Waals surface area contributed by atoms with Gasteiger partial charge in [0.1, 0.15) is 29.3 Å². The van der Waals surface area contributed by atoms with E-state index in [-0.39, 0.29) is 17.9 Å². The summed E-state index contributed by atoms with van der Waals surface area (Å²) in [6.45, 7) is 0.152. The molecule has 0 radical (unpaired) electrons. The Kier molecular flexibility index (Phi) is 5.98. The summed E-state index contributed by atoms with van der Waals surface area (Å²) in [7, 11) is 1.51. The molecule has 0 aliphatic heterocycles. The van der Waals surface area contributed by atoms with E-state index in [1.165, 1.54) is 37.4 Å². The largest absolute Gasteiger partial charge is 0.497 e. The molecule has 4 aromatic rings. The molecular weight excluding hydrogens is 412 g/mol. The molecule has 0 bridgehead atoms. The summed E-state index contributed by atoms with van der Waals surface area (Å²) >= 11 is 0. The summed E-state index contributed by atoms with van der Waals surface area (Å²) < 4.78 is 20.9. The summed E-state index contributed by atoms with van der Waals surface area (Å²) in [6.07, 6.45) is 0. The summed E-state index contributed by atoms with van der Waals surface area (Å²) in [5.74, 6) is -0.654. The fourth-order valence-corrected chi connectivity index (χ4v) is 3.00. The van der Waals surface area contributed by atoms with E-state index in [9.17, 15) is 14.4 Å². The Morgan fingerprint density at radius 3 is 2.28 bits per heavy atom. The number of carbonyl (C=O) groups excluding carboxylic acids is 2. The number of ether oxygens (including phenoxy) is 3. The van der Waals surface area contributed by atoms with Crippen molar-refractivity contribution in [3.8, 4) is 11.5 Å². The number of fused-ring (bicyclic) bond motifs is 1. The topological polar surface area (TPSA) is 92.0 Å². The van der Waals surface area contributed by atoms with Gasteiger partial charge in [-0.15, -0.1) is 0 Å². The van der Waals surface area contributed by atoms with E-state index in [0.717, 1.165) is 5.56 Å². The number of esters is 2. The van der Waals surface area contributed by atoms with Gasteiger partial charge < -0.3 is 18.6 Å². The molecule has 0 saturated heterocycles. The van der Waals surface area contributed by atoms with Crippen LogP contribution < -0.4 is 15.1 Å². The van der Waals surface area contributed by atoms with Crippen molar-refractivity contribution in [1.29, 1.82) is 0 Å². The number of rotatable bonds is 6. The van der Waals surface area contributed by atoms with Crippen molar-refractivity contribution in [2.45, 2.75) is 6.61 Å². The molecule has 0 aliphatic rings. The van der Waals surface area contributed by atoms with Crippen molar-refractivity contribution in [3.05, 3.63) is 106 Å². The van der Waals surface area contributed by atoms with E-state index < -0.39 is 17.6 Å². The molecule has 7 nitrogen and oxygen atoms in total. The fourth-order valence-electron chi connectivity index (χ4n) is 3.00. The average molecular weight is 430 g/mol. The van der Waals surface area contributed by atoms with E-state index in [0.29, 0.717) is 22.3 Å². The van der Waals surface area contributed by atoms with Gasteiger partial charge in [0.05, 0.1) is 12.7 Å². The van der Waals surface area contributed by atoms with Crippen LogP contribution in [0.2, 0.25) is 0 Å². The standard InChI is InChI=1S/C25H18O7/c1-29-20-11-12-22-18(13-20)14-21(25(28)32-22)24(27)31-19-9-7-17(8-10-19)23(26)30-15-16-5-3-2-4-6-16/h2-14H,15H2,1H3. The lowest BCUT2D eigenvalue weighted by Crippen LogP contribution is -2.18. The zero-order valence-electron chi connectivity index (χ0n) is 17.1. The van der Waals surface area contributed by atoms with Crippen LogP contribution in [0.4, 0.5) is 0 Å². The Bertz CT molecular complexity index is 1320. The molecule has 0 amide bonds. The molecule has 32 heavy (non-hydrogen) atoms. The maximum atomic E-state index is 12.5. The number of hydrogen-bond donors (Lipinski definition) is 0. The average Bonchev–Trinajstić information content (AvgIpc) is 2.83. The smallest absolute Gasteiger partial charge is 0.351 e. The summed E-state index contributed by atoms with van der Waals surface area (Å²) in [6, 6.07) is 21.4. The van der Waals surface area contributed by atoms with Gasteiger partial charge in [-0.05, 0) is 54.1 Å². The molecule has 1 heterocycles. The van der Waals surface area contributed by atoms with Crippen molar-refractivity contribution in [1.82, 2.24) is 0 Å². The second-order valence-electron chi connectivity index (χ2n) is 6.83. The number of methoxy groups -OCH3 is 1. The Morgan fingerprint density at radius 1 is 0.844 bits per heavy atom. The van der Waals surface area contributed by atoms with Crippen molar-refractivity contribution in [3.63, 3.8) is 0 Å². The van der Waals surface area contributed by atoms with Crippen LogP contribution in [0.1, 0.15) is 26.3 Å². The molecule has 1 aromatic heterocycles. The second kappa shape index (κ2) is 9.18. The third-order valence-electron chi connectivity index (χ3n) is 4.67. The minimum atomic E-state index is -0.872. The van der Waals surface area contributed by atoms with E-state index in [4.69, 9.17) is 18.6 Å². The lowest BCUT2D eigenvalue weighted by Gasteiger charge is -2.07. The van der Waals surface area contributed by atoms with Crippen LogP contribution in [0.5, 0.6) is 11.5 Å². The van der Waals surface area contributed by atoms with Crippen molar-refractivity contribution < 1.29 is 28.2 Å². The monoisotopic (exact) mass is 430 g/mol. The Balaban J connectivity index is 1.45. The van der Waals surface area contributed by atoms with Crippen molar-refractivity contribution in [2.24, 2.45) is 0 Å². The fraction of sp³-hybridized carbons (Fsp3) is 0.0800. The molecule has 0 N–H and O–H groups in total. The molecular formula is C25H18O7. The van der Waals surface area contributed by atoms with Crippen LogP contribution in [-0.2, 0) is 11.3 Å². The molecule has 0 unspecified atom stereocenters. The molecule has 4 rings (SSSR count). The summed E-state index contributed by atoms with van der Waals surface area (Å²) in [4.78, 5) is 36.9. The first-order valence-corrected chi connectivity index (χ1v) is 9.69. The highest BCUT2D eigenvalue weighted by Crippen LogP contribution is 2.21. The lowest BCUT2D eigenvalue weighted by molar-refractivity contribution is 0.0472. The number of hydrogen-bond acceptors (Lipinski definition) is 7. The van der Waals surface area contributed by atoms with E-state index >= 15 is 0 Å². The second-order valence-corrected chi connectivity index (χ2v) is 6.83. The summed E-state index contributed by atoms with van der Waals surface area (Å²) in [5, 5.41) is 0.521. The van der Waals surface area contributed by atoms with Crippen LogP contribution in [0.3, 0.4) is 0 Å². The van der Waals surface area contributed by atoms with E-state index in [2.05, 4.69) is 0 Å². The zero-order chi connectivity index (χ0) is 22.5. The predicted molar refractivity (Wildman–Crippen MR) is 116 cm³/mol. The van der Waals surface area contributed by atoms with Gasteiger partial charge in [-0.3, -0.25) is 0 Å². The highest BCUT2D eigenvalue weighted by molar-refractivity contribution is 5.94. The first-order chi connectivity index (χ1) is 15.5. The van der Waals surface area contributed by atoms with Gasteiger partial charge >= 0.3 is 17.6 Å². The van der Waals surface area contributed by atoms with Gasteiger partial charge in [0, 0.05) is 5.39 Å². The van der Waals surface area contributed by atoms with Crippen molar-refractivity contribution >= 4 is 22.9 Å². The minimum Gasteiger partial charge on any atom is -0.497 e. The summed E-state index contributed by atoms with van der Waals surface area (Å²) in [5.41, 5.74) is 0.438. The Labute approximate surface area is 182 Å². The minimum absolute atomic E-state index is 0.152. The SMILES string of the molecule is COc1ccc2oc(=O)c(C(=O)Oc3ccc(C(=O)OCc4ccccc4)cc3)cc2c1. The van der Waals surface area contributed by atoms with E-state index in [1.54, 1.807) is 18.2 Å². The van der Waals surface area contributed by atoms with Crippen LogP contribution in [0.25, 0.3) is 11.0 Å². The van der Waals surface area contributed by atoms with Gasteiger partial charge in [0.15, 0.2) is 0 Å². The zero-order valence-corrected chi connectivity index (χ0v) is 17.1. The highest BCUT2D eigenvalue weighted by Gasteiger charge is 2.17. The van der Waals surface area contributed by atoms with Crippen LogP contribution in [0.15, 0.2) is 88.1 Å². The van der Waals surface area contributed by atoms with Gasteiger partial charge in [-0.25, -0.2) is 14.4 Å². The predicted octanol–water partition coefficient (Wildman–Crippen LogP) is 4.38. The molecule has 0 saturated carbocycles. The number of carbonyl (C=O) groups is 2. The molecule has 160 valence electrons. The van der Waals surface area contributed by atoms with Gasteiger partial charge in [-0.1, -0.05) is 30.3 Å². The molecule has 0 atom stereocenters. The van der Waals surface area contributed by atoms with Gasteiger partial charge in [-0.2, -0.15) is 0 Å². The van der Waals surface area contributed by atoms with Crippen LogP contribution in [0, 0.1) is 0 Å². The lowest BCUT2D eigenvalue weighted by atomic mass is 10.2. The van der Waals surface area contributed by atoms with Crippen molar-refractivity contribution in [2.75, 3.05) is 7.11 Å². The van der Waals surface area contributed by atoms with Crippen LogP contribution in [-0.4, -0.2) is 19.0 Å². The van der Waals surface area contributed by atoms with E-state index in [1.807, 2.05) is 30.3 Å². The van der Waals surface area contributed by atoms with Gasteiger partial charge in [0.2, 0.25) is 0 Å². The molecule has 0 aliphatic carbocycles. The van der Waals surface area contributed by atoms with Gasteiger partial charge in [0.25, 0.3) is 0 Å². The van der Waals surface area contributed by atoms with Crippen LogP contribution >= 0.6 is 0 Å². The normalized spacial score (nSPS) is 10.5. The molecule has 0 spiro atoms. The Morgan fingerprint density at radius 2 is 1.56 bits per heavy atom. The first kappa shape index (κ1) is 20.9. The molecule has 7 heteroatoms.